The van der Waals surface area contributed by atoms with Gasteiger partial charge in [-0.15, -0.1) is 0 Å². The molecular formula is C19H21ClN2. The lowest BCUT2D eigenvalue weighted by atomic mass is 9.85. The molecule has 0 spiro atoms. The Morgan fingerprint density at radius 2 is 1.86 bits per heavy atom. The molecule has 2 atom stereocenters. The van der Waals surface area contributed by atoms with Gasteiger partial charge in [0.2, 0.25) is 0 Å². The first-order valence-corrected chi connectivity index (χ1v) is 8.43. The van der Waals surface area contributed by atoms with Gasteiger partial charge in [-0.3, -0.25) is 0 Å². The van der Waals surface area contributed by atoms with Crippen LogP contribution in [0.25, 0.3) is 0 Å². The van der Waals surface area contributed by atoms with Crippen LogP contribution < -0.4 is 9.80 Å². The molecule has 22 heavy (non-hydrogen) atoms. The molecule has 2 aromatic rings. The Bertz CT molecular complexity index is 712. The van der Waals surface area contributed by atoms with Crippen molar-refractivity contribution in [3.63, 3.8) is 0 Å². The number of piperidine rings is 1. The first-order chi connectivity index (χ1) is 10.7. The summed E-state index contributed by atoms with van der Waals surface area (Å²) < 4.78 is 0. The van der Waals surface area contributed by atoms with E-state index in [1.165, 1.54) is 35.5 Å². The maximum absolute atomic E-state index is 6.31. The second kappa shape index (κ2) is 5.20. The minimum atomic E-state index is 0.437. The van der Waals surface area contributed by atoms with E-state index in [2.05, 4.69) is 60.2 Å². The van der Waals surface area contributed by atoms with Gasteiger partial charge in [-0.1, -0.05) is 36.7 Å². The fourth-order valence-corrected chi connectivity index (χ4v) is 4.28. The van der Waals surface area contributed by atoms with E-state index in [9.17, 15) is 0 Å². The molecule has 2 aliphatic rings. The van der Waals surface area contributed by atoms with Crippen LogP contribution in [-0.4, -0.2) is 13.6 Å². The summed E-state index contributed by atoms with van der Waals surface area (Å²) in [4.78, 5) is 4.88. The predicted molar refractivity (Wildman–Crippen MR) is 94.4 cm³/mol. The standard InChI is InChI=1S/C19H21ClN2/c1-13-6-5-11-22-18-12-14(20)9-10-17(18)21(2)16-8-4-3-7-15(16)19(13)22/h3-4,7-10,12-13,19H,5-6,11H2,1-2H3/t13-,19-/m0/s1. The summed E-state index contributed by atoms with van der Waals surface area (Å²) in [5.41, 5.74) is 5.26. The molecule has 0 amide bonds. The van der Waals surface area contributed by atoms with Gasteiger partial charge in [-0.05, 0) is 48.6 Å². The summed E-state index contributed by atoms with van der Waals surface area (Å²) in [6.45, 7) is 3.48. The minimum absolute atomic E-state index is 0.437. The molecule has 2 heterocycles. The summed E-state index contributed by atoms with van der Waals surface area (Å²) in [7, 11) is 2.16. The van der Waals surface area contributed by atoms with Gasteiger partial charge in [0.25, 0.3) is 0 Å². The number of fused-ring (bicyclic) bond motifs is 5. The van der Waals surface area contributed by atoms with E-state index in [1.54, 1.807) is 0 Å². The number of benzene rings is 2. The van der Waals surface area contributed by atoms with Crippen LogP contribution >= 0.6 is 11.6 Å². The first kappa shape index (κ1) is 14.0. The summed E-state index contributed by atoms with van der Waals surface area (Å²) in [6.07, 6.45) is 2.53. The van der Waals surface area contributed by atoms with Crippen molar-refractivity contribution >= 4 is 28.7 Å². The fraction of sp³-hybridized carbons (Fsp3) is 0.368. The van der Waals surface area contributed by atoms with Crippen LogP contribution in [-0.2, 0) is 0 Å². The second-order valence-corrected chi connectivity index (χ2v) is 6.95. The smallest absolute Gasteiger partial charge is 0.0647 e. The number of halogens is 1. The molecule has 0 unspecified atom stereocenters. The molecular weight excluding hydrogens is 292 g/mol. The van der Waals surface area contributed by atoms with Gasteiger partial charge >= 0.3 is 0 Å². The second-order valence-electron chi connectivity index (χ2n) is 6.51. The van der Waals surface area contributed by atoms with Crippen molar-refractivity contribution in [2.45, 2.75) is 25.8 Å². The van der Waals surface area contributed by atoms with Crippen molar-refractivity contribution in [3.05, 3.63) is 53.1 Å². The average molecular weight is 313 g/mol. The third-order valence-electron chi connectivity index (χ3n) is 5.16. The fourth-order valence-electron chi connectivity index (χ4n) is 4.12. The van der Waals surface area contributed by atoms with Crippen molar-refractivity contribution in [2.75, 3.05) is 23.4 Å². The third-order valence-corrected chi connectivity index (χ3v) is 5.39. The maximum Gasteiger partial charge on any atom is 0.0647 e. The van der Waals surface area contributed by atoms with E-state index in [0.29, 0.717) is 12.0 Å². The summed E-state index contributed by atoms with van der Waals surface area (Å²) in [5.74, 6) is 0.647. The van der Waals surface area contributed by atoms with E-state index in [1.807, 2.05) is 6.07 Å². The topological polar surface area (TPSA) is 6.48 Å². The number of hydrogen-bond acceptors (Lipinski definition) is 2. The number of hydrogen-bond donors (Lipinski definition) is 0. The predicted octanol–water partition coefficient (Wildman–Crippen LogP) is 5.40. The molecule has 0 saturated carbocycles. The van der Waals surface area contributed by atoms with Crippen LogP contribution in [0.1, 0.15) is 31.4 Å². The SMILES string of the molecule is C[C@H]1CCCN2c3cc(Cl)ccc3N(C)c3ccccc3[C@H]12. The Morgan fingerprint density at radius 3 is 2.73 bits per heavy atom. The van der Waals surface area contributed by atoms with E-state index in [0.717, 1.165) is 11.6 Å². The lowest BCUT2D eigenvalue weighted by Gasteiger charge is -2.41. The van der Waals surface area contributed by atoms with E-state index < -0.39 is 0 Å². The largest absolute Gasteiger partial charge is 0.362 e. The van der Waals surface area contributed by atoms with E-state index >= 15 is 0 Å². The summed E-state index contributed by atoms with van der Waals surface area (Å²) in [6, 6.07) is 15.5. The van der Waals surface area contributed by atoms with Crippen LogP contribution in [0.15, 0.2) is 42.5 Å². The molecule has 0 N–H and O–H groups in total. The molecule has 3 heteroatoms. The van der Waals surface area contributed by atoms with Gasteiger partial charge in [-0.2, -0.15) is 0 Å². The summed E-state index contributed by atoms with van der Waals surface area (Å²) >= 11 is 6.31. The zero-order chi connectivity index (χ0) is 15.3. The lowest BCUT2D eigenvalue weighted by Crippen LogP contribution is -2.37. The Balaban J connectivity index is 1.99. The maximum atomic E-state index is 6.31. The van der Waals surface area contributed by atoms with Crippen LogP contribution in [0.3, 0.4) is 0 Å². The Labute approximate surface area is 137 Å². The highest BCUT2D eigenvalue weighted by Gasteiger charge is 2.36. The molecule has 1 saturated heterocycles. The molecule has 0 aliphatic carbocycles. The quantitative estimate of drug-likeness (QED) is 0.642. The van der Waals surface area contributed by atoms with Gasteiger partial charge in [-0.25, -0.2) is 0 Å². The molecule has 2 aromatic carbocycles. The number of para-hydroxylation sites is 1. The highest BCUT2D eigenvalue weighted by atomic mass is 35.5. The van der Waals surface area contributed by atoms with Gasteiger partial charge in [0, 0.05) is 24.3 Å². The van der Waals surface area contributed by atoms with Gasteiger partial charge < -0.3 is 9.80 Å². The zero-order valence-corrected chi connectivity index (χ0v) is 13.8. The van der Waals surface area contributed by atoms with Crippen LogP contribution in [0.4, 0.5) is 17.1 Å². The van der Waals surface area contributed by atoms with Gasteiger partial charge in [0.05, 0.1) is 17.4 Å². The minimum Gasteiger partial charge on any atom is -0.362 e. The van der Waals surface area contributed by atoms with Crippen LogP contribution in [0.2, 0.25) is 5.02 Å². The Morgan fingerprint density at radius 1 is 1.05 bits per heavy atom. The monoisotopic (exact) mass is 312 g/mol. The molecule has 2 nitrogen and oxygen atoms in total. The number of anilines is 3. The lowest BCUT2D eigenvalue weighted by molar-refractivity contribution is 0.353. The normalized spacial score (nSPS) is 23.4. The first-order valence-electron chi connectivity index (χ1n) is 8.05. The highest BCUT2D eigenvalue weighted by Crippen LogP contribution is 2.49. The molecule has 0 aromatic heterocycles. The molecule has 0 bridgehead atoms. The zero-order valence-electron chi connectivity index (χ0n) is 13.1. The van der Waals surface area contributed by atoms with E-state index in [-0.39, 0.29) is 0 Å². The molecule has 1 fully saturated rings. The molecule has 114 valence electrons. The molecule has 2 aliphatic heterocycles. The number of rotatable bonds is 0. The van der Waals surface area contributed by atoms with E-state index in [4.69, 9.17) is 11.6 Å². The van der Waals surface area contributed by atoms with Gasteiger partial charge in [0.15, 0.2) is 0 Å². The number of nitrogens with zero attached hydrogens (tertiary/aromatic N) is 2. The summed E-state index contributed by atoms with van der Waals surface area (Å²) in [5, 5.41) is 0.815. The van der Waals surface area contributed by atoms with Crippen molar-refractivity contribution < 1.29 is 0 Å². The Hall–Kier alpha value is -1.67. The molecule has 4 rings (SSSR count). The average Bonchev–Trinajstić information content (AvgIpc) is 2.63. The van der Waals surface area contributed by atoms with Crippen molar-refractivity contribution in [2.24, 2.45) is 5.92 Å². The highest BCUT2D eigenvalue weighted by molar-refractivity contribution is 6.31. The molecule has 0 radical (unpaired) electrons. The Kier molecular flexibility index (Phi) is 3.30. The third kappa shape index (κ3) is 2.01. The van der Waals surface area contributed by atoms with Crippen molar-refractivity contribution in [3.8, 4) is 0 Å². The van der Waals surface area contributed by atoms with Gasteiger partial charge in [0.1, 0.15) is 0 Å². The van der Waals surface area contributed by atoms with Crippen molar-refractivity contribution in [1.29, 1.82) is 0 Å². The van der Waals surface area contributed by atoms with Crippen LogP contribution in [0.5, 0.6) is 0 Å². The van der Waals surface area contributed by atoms with Crippen molar-refractivity contribution in [1.82, 2.24) is 0 Å². The van der Waals surface area contributed by atoms with Crippen LogP contribution in [0, 0.1) is 5.92 Å².